The van der Waals surface area contributed by atoms with E-state index in [1.54, 1.807) is 4.90 Å². The van der Waals surface area contributed by atoms with Crippen LogP contribution in [0.4, 0.5) is 10.5 Å². The fraction of sp³-hybridized carbons (Fsp3) is 0.316. The first-order valence-electron chi connectivity index (χ1n) is 7.76. The molecule has 0 aliphatic heterocycles. The molecule has 0 heterocycles. The molecule has 2 aromatic rings. The van der Waals surface area contributed by atoms with Crippen molar-refractivity contribution in [1.29, 1.82) is 0 Å². The van der Waals surface area contributed by atoms with E-state index >= 15 is 0 Å². The Morgan fingerprint density at radius 3 is 2.30 bits per heavy atom. The maximum Gasteiger partial charge on any atom is 0.317 e. The summed E-state index contributed by atoms with van der Waals surface area (Å²) in [6.07, 6.45) is 0. The van der Waals surface area contributed by atoms with E-state index in [9.17, 15) is 4.79 Å². The molecule has 0 bridgehead atoms. The number of nitrogens with zero attached hydrogens (tertiary/aromatic N) is 2. The molecule has 2 aromatic carbocycles. The molecule has 4 nitrogen and oxygen atoms in total. The predicted molar refractivity (Wildman–Crippen MR) is 95.7 cm³/mol. The van der Waals surface area contributed by atoms with E-state index in [1.807, 2.05) is 33.3 Å². The number of urea groups is 1. The molecule has 2 rings (SSSR count). The van der Waals surface area contributed by atoms with Crippen molar-refractivity contribution in [3.63, 3.8) is 0 Å². The molecule has 0 fully saturated rings. The van der Waals surface area contributed by atoms with Crippen molar-refractivity contribution in [1.82, 2.24) is 10.2 Å². The quantitative estimate of drug-likeness (QED) is 0.918. The van der Waals surface area contributed by atoms with E-state index in [4.69, 9.17) is 0 Å². The van der Waals surface area contributed by atoms with Crippen molar-refractivity contribution in [2.45, 2.75) is 20.0 Å². The number of carbonyl (C=O) groups excluding carboxylic acids is 1. The zero-order valence-electron chi connectivity index (χ0n) is 14.3. The van der Waals surface area contributed by atoms with Gasteiger partial charge in [0.05, 0.1) is 0 Å². The highest BCUT2D eigenvalue weighted by molar-refractivity contribution is 5.73. The summed E-state index contributed by atoms with van der Waals surface area (Å²) >= 11 is 0. The Bertz CT molecular complexity index is 650. The second kappa shape index (κ2) is 7.68. The summed E-state index contributed by atoms with van der Waals surface area (Å²) in [6.45, 7) is 3.19. The minimum Gasteiger partial charge on any atom is -0.378 e. The van der Waals surface area contributed by atoms with Gasteiger partial charge in [-0.3, -0.25) is 0 Å². The molecule has 0 aliphatic carbocycles. The van der Waals surface area contributed by atoms with Crippen molar-refractivity contribution in [2.75, 3.05) is 26.0 Å². The van der Waals surface area contributed by atoms with E-state index in [-0.39, 0.29) is 6.03 Å². The minimum atomic E-state index is -0.0665. The Morgan fingerprint density at radius 2 is 1.70 bits per heavy atom. The first kappa shape index (κ1) is 16.9. The molecule has 1 N–H and O–H groups in total. The van der Waals surface area contributed by atoms with Crippen LogP contribution in [0.3, 0.4) is 0 Å². The smallest absolute Gasteiger partial charge is 0.317 e. The van der Waals surface area contributed by atoms with Crippen LogP contribution >= 0.6 is 0 Å². The molecule has 0 atom stereocenters. The highest BCUT2D eigenvalue weighted by Gasteiger charge is 2.09. The Hall–Kier alpha value is -2.49. The number of anilines is 1. The van der Waals surface area contributed by atoms with Crippen LogP contribution in [0.5, 0.6) is 0 Å². The minimum absolute atomic E-state index is 0.0665. The summed E-state index contributed by atoms with van der Waals surface area (Å²) in [7, 11) is 5.84. The molecule has 0 radical (unpaired) electrons. The predicted octanol–water partition coefficient (Wildman–Crippen LogP) is 3.40. The average molecular weight is 311 g/mol. The van der Waals surface area contributed by atoms with E-state index in [2.05, 4.69) is 53.5 Å². The topological polar surface area (TPSA) is 35.6 Å². The molecule has 0 unspecified atom stereocenters. The molecule has 0 aromatic heterocycles. The molecule has 4 heteroatoms. The molecule has 122 valence electrons. The first-order valence-corrected chi connectivity index (χ1v) is 7.76. The third-order valence-electron chi connectivity index (χ3n) is 3.75. The summed E-state index contributed by atoms with van der Waals surface area (Å²) in [5.74, 6) is 0. The number of aryl methyl sites for hydroxylation is 1. The van der Waals surface area contributed by atoms with E-state index in [1.165, 1.54) is 5.56 Å². The maximum atomic E-state index is 12.2. The van der Waals surface area contributed by atoms with Crippen molar-refractivity contribution in [3.8, 4) is 0 Å². The van der Waals surface area contributed by atoms with Crippen LogP contribution in [-0.2, 0) is 13.1 Å². The fourth-order valence-electron chi connectivity index (χ4n) is 2.38. The van der Waals surface area contributed by atoms with Crippen LogP contribution in [0.15, 0.2) is 48.5 Å². The number of rotatable bonds is 5. The number of hydrogen-bond acceptors (Lipinski definition) is 2. The Morgan fingerprint density at radius 1 is 1.00 bits per heavy atom. The lowest BCUT2D eigenvalue weighted by molar-refractivity contribution is 0.206. The van der Waals surface area contributed by atoms with Gasteiger partial charge in [0, 0.05) is 39.9 Å². The third-order valence-corrected chi connectivity index (χ3v) is 3.75. The van der Waals surface area contributed by atoms with Gasteiger partial charge >= 0.3 is 6.03 Å². The molecule has 23 heavy (non-hydrogen) atoms. The van der Waals surface area contributed by atoms with Crippen LogP contribution in [0.1, 0.15) is 16.7 Å². The van der Waals surface area contributed by atoms with Crippen molar-refractivity contribution < 1.29 is 4.79 Å². The first-order chi connectivity index (χ1) is 11.0. The summed E-state index contributed by atoms with van der Waals surface area (Å²) in [5.41, 5.74) is 4.58. The zero-order chi connectivity index (χ0) is 16.8. The maximum absolute atomic E-state index is 12.2. The lowest BCUT2D eigenvalue weighted by Gasteiger charge is -2.19. The number of benzene rings is 2. The van der Waals surface area contributed by atoms with Gasteiger partial charge in [0.2, 0.25) is 0 Å². The van der Waals surface area contributed by atoms with Gasteiger partial charge in [0.25, 0.3) is 0 Å². The molecule has 0 aliphatic rings. The zero-order valence-corrected chi connectivity index (χ0v) is 14.3. The summed E-state index contributed by atoms with van der Waals surface area (Å²) in [4.78, 5) is 15.9. The normalized spacial score (nSPS) is 10.3. The molecule has 0 saturated carbocycles. The lowest BCUT2D eigenvalue weighted by atomic mass is 10.1. The summed E-state index contributed by atoms with van der Waals surface area (Å²) < 4.78 is 0. The number of amides is 2. The van der Waals surface area contributed by atoms with Gasteiger partial charge in [-0.25, -0.2) is 4.79 Å². The fourth-order valence-corrected chi connectivity index (χ4v) is 2.38. The van der Waals surface area contributed by atoms with Crippen molar-refractivity contribution in [3.05, 3.63) is 65.2 Å². The van der Waals surface area contributed by atoms with Gasteiger partial charge in [-0.15, -0.1) is 0 Å². The molecule has 2 amide bonds. The van der Waals surface area contributed by atoms with Gasteiger partial charge in [0.15, 0.2) is 0 Å². The molecule has 0 saturated heterocycles. The number of hydrogen-bond donors (Lipinski definition) is 1. The Kier molecular flexibility index (Phi) is 5.63. The van der Waals surface area contributed by atoms with Crippen LogP contribution in [0.2, 0.25) is 0 Å². The summed E-state index contributed by atoms with van der Waals surface area (Å²) in [6, 6.07) is 16.3. The average Bonchev–Trinajstić information content (AvgIpc) is 2.53. The SMILES string of the molecule is Cc1cccc(CNC(=O)N(C)Cc2ccc(N(C)C)cc2)c1. The van der Waals surface area contributed by atoms with Crippen LogP contribution in [0, 0.1) is 6.92 Å². The second-order valence-electron chi connectivity index (χ2n) is 6.06. The van der Waals surface area contributed by atoms with Crippen LogP contribution in [0.25, 0.3) is 0 Å². The third kappa shape index (κ3) is 5.02. The van der Waals surface area contributed by atoms with Gasteiger partial charge < -0.3 is 15.1 Å². The second-order valence-corrected chi connectivity index (χ2v) is 6.06. The van der Waals surface area contributed by atoms with Crippen molar-refractivity contribution in [2.24, 2.45) is 0 Å². The monoisotopic (exact) mass is 311 g/mol. The highest BCUT2D eigenvalue weighted by Crippen LogP contribution is 2.13. The van der Waals surface area contributed by atoms with E-state index in [0.29, 0.717) is 13.1 Å². The van der Waals surface area contributed by atoms with E-state index < -0.39 is 0 Å². The Labute approximate surface area is 138 Å². The molecule has 0 spiro atoms. The van der Waals surface area contributed by atoms with Crippen LogP contribution in [-0.4, -0.2) is 32.1 Å². The lowest BCUT2D eigenvalue weighted by Crippen LogP contribution is -2.36. The highest BCUT2D eigenvalue weighted by atomic mass is 16.2. The Balaban J connectivity index is 1.87. The van der Waals surface area contributed by atoms with Gasteiger partial charge in [0.1, 0.15) is 0 Å². The number of carbonyl (C=O) groups is 1. The van der Waals surface area contributed by atoms with Crippen molar-refractivity contribution >= 4 is 11.7 Å². The van der Waals surface area contributed by atoms with E-state index in [0.717, 1.165) is 16.8 Å². The van der Waals surface area contributed by atoms with Gasteiger partial charge in [-0.2, -0.15) is 0 Å². The molecular formula is C19H25N3O. The standard InChI is InChI=1S/C19H25N3O/c1-15-6-5-7-17(12-15)13-20-19(23)22(4)14-16-8-10-18(11-9-16)21(2)3/h5-12H,13-14H2,1-4H3,(H,20,23). The summed E-state index contributed by atoms with van der Waals surface area (Å²) in [5, 5.41) is 2.95. The number of nitrogens with one attached hydrogen (secondary N) is 1. The molecular weight excluding hydrogens is 286 g/mol. The van der Waals surface area contributed by atoms with Gasteiger partial charge in [-0.1, -0.05) is 42.0 Å². The van der Waals surface area contributed by atoms with Gasteiger partial charge in [-0.05, 0) is 30.2 Å². The van der Waals surface area contributed by atoms with Crippen LogP contribution < -0.4 is 10.2 Å². The largest absolute Gasteiger partial charge is 0.378 e.